The molecule has 0 fully saturated rings. The Kier molecular flexibility index (Phi) is 5.01. The molecule has 7 nitrogen and oxygen atoms in total. The van der Waals surface area contributed by atoms with Gasteiger partial charge in [0.15, 0.2) is 5.82 Å². The molecule has 0 bridgehead atoms. The largest absolute Gasteiger partial charge is 0.465 e. The zero-order chi connectivity index (χ0) is 20.4. The van der Waals surface area contributed by atoms with Gasteiger partial charge in [0.05, 0.1) is 24.7 Å². The predicted molar refractivity (Wildman–Crippen MR) is 111 cm³/mol. The van der Waals surface area contributed by atoms with Gasteiger partial charge in [-0.05, 0) is 42.6 Å². The molecule has 0 atom stereocenters. The lowest BCUT2D eigenvalue weighted by molar-refractivity contribution is 0.0607. The standard InChI is InChI=1S/C21H18N4O3S/c1-14-5-7-15(8-6-14)25-20(24-10-3-4-11-24)16(13-22-25)19(26)23-17-9-12-29-18(17)21(27)28-2/h3-13H,1-2H3,(H,23,26). The van der Waals surface area contributed by atoms with Crippen LogP contribution in [0.2, 0.25) is 0 Å². The topological polar surface area (TPSA) is 78.2 Å². The first-order valence-electron chi connectivity index (χ1n) is 8.84. The molecular formula is C21H18N4O3S. The molecule has 0 unspecified atom stereocenters. The van der Waals surface area contributed by atoms with Crippen LogP contribution in [0.3, 0.4) is 0 Å². The normalized spacial score (nSPS) is 10.7. The van der Waals surface area contributed by atoms with E-state index in [4.69, 9.17) is 4.74 Å². The summed E-state index contributed by atoms with van der Waals surface area (Å²) in [6, 6.07) is 13.3. The van der Waals surface area contributed by atoms with Crippen LogP contribution in [0.5, 0.6) is 0 Å². The van der Waals surface area contributed by atoms with E-state index in [1.165, 1.54) is 24.6 Å². The fraction of sp³-hybridized carbons (Fsp3) is 0.0952. The van der Waals surface area contributed by atoms with E-state index < -0.39 is 5.97 Å². The molecule has 0 spiro atoms. The molecule has 1 aromatic carbocycles. The molecule has 8 heteroatoms. The molecule has 29 heavy (non-hydrogen) atoms. The van der Waals surface area contributed by atoms with Gasteiger partial charge in [0.25, 0.3) is 5.91 Å². The Morgan fingerprint density at radius 3 is 2.52 bits per heavy atom. The van der Waals surface area contributed by atoms with Crippen molar-refractivity contribution in [2.45, 2.75) is 6.92 Å². The number of nitrogens with one attached hydrogen (secondary N) is 1. The predicted octanol–water partition coefficient (Wildman–Crippen LogP) is 4.07. The van der Waals surface area contributed by atoms with Gasteiger partial charge in [-0.15, -0.1) is 11.3 Å². The highest BCUT2D eigenvalue weighted by atomic mass is 32.1. The summed E-state index contributed by atoms with van der Waals surface area (Å²) < 4.78 is 8.32. The number of amides is 1. The lowest BCUT2D eigenvalue weighted by atomic mass is 10.2. The lowest BCUT2D eigenvalue weighted by Crippen LogP contribution is -2.16. The van der Waals surface area contributed by atoms with Crippen molar-refractivity contribution in [2.24, 2.45) is 0 Å². The van der Waals surface area contributed by atoms with Crippen LogP contribution in [0.25, 0.3) is 11.5 Å². The number of anilines is 1. The highest BCUT2D eigenvalue weighted by Gasteiger charge is 2.22. The Hall–Kier alpha value is -3.65. The third-order valence-corrected chi connectivity index (χ3v) is 5.29. The minimum absolute atomic E-state index is 0.342. The third-order valence-electron chi connectivity index (χ3n) is 4.40. The molecule has 0 aliphatic carbocycles. The van der Waals surface area contributed by atoms with Crippen molar-refractivity contribution in [1.82, 2.24) is 14.3 Å². The van der Waals surface area contributed by atoms with E-state index in [1.54, 1.807) is 16.1 Å². The number of aryl methyl sites for hydroxylation is 1. The zero-order valence-electron chi connectivity index (χ0n) is 15.8. The molecule has 0 aliphatic heterocycles. The first-order chi connectivity index (χ1) is 14.1. The SMILES string of the molecule is COC(=O)c1sccc1NC(=O)c1cnn(-c2ccc(C)cc2)c1-n1cccc1. The van der Waals surface area contributed by atoms with Crippen molar-refractivity contribution in [3.63, 3.8) is 0 Å². The highest BCUT2D eigenvalue weighted by molar-refractivity contribution is 7.12. The quantitative estimate of drug-likeness (QED) is 0.507. The van der Waals surface area contributed by atoms with Gasteiger partial charge >= 0.3 is 5.97 Å². The number of carbonyl (C=O) groups excluding carboxylic acids is 2. The Morgan fingerprint density at radius 1 is 1.10 bits per heavy atom. The number of methoxy groups -OCH3 is 1. The Morgan fingerprint density at radius 2 is 1.83 bits per heavy atom. The number of benzene rings is 1. The maximum absolute atomic E-state index is 13.1. The van der Waals surface area contributed by atoms with Gasteiger partial charge in [-0.2, -0.15) is 5.10 Å². The van der Waals surface area contributed by atoms with Gasteiger partial charge in [-0.1, -0.05) is 17.7 Å². The monoisotopic (exact) mass is 406 g/mol. The summed E-state index contributed by atoms with van der Waals surface area (Å²) in [4.78, 5) is 25.3. The summed E-state index contributed by atoms with van der Waals surface area (Å²) in [5.74, 6) is -0.252. The summed E-state index contributed by atoms with van der Waals surface area (Å²) in [6.45, 7) is 2.01. The molecule has 0 saturated carbocycles. The Balaban J connectivity index is 1.74. The fourth-order valence-electron chi connectivity index (χ4n) is 2.95. The molecule has 0 radical (unpaired) electrons. The summed E-state index contributed by atoms with van der Waals surface area (Å²) in [7, 11) is 1.31. The van der Waals surface area contributed by atoms with Crippen molar-refractivity contribution >= 4 is 28.9 Å². The van der Waals surface area contributed by atoms with Crippen LogP contribution in [0, 0.1) is 6.92 Å². The van der Waals surface area contributed by atoms with Gasteiger partial charge in [0.2, 0.25) is 0 Å². The number of hydrogen-bond acceptors (Lipinski definition) is 5. The second kappa shape index (κ2) is 7.76. The van der Waals surface area contributed by atoms with Crippen molar-refractivity contribution in [1.29, 1.82) is 0 Å². The van der Waals surface area contributed by atoms with Crippen LogP contribution in [0.4, 0.5) is 5.69 Å². The minimum Gasteiger partial charge on any atom is -0.465 e. The molecule has 1 N–H and O–H groups in total. The van der Waals surface area contributed by atoms with Gasteiger partial charge in [0, 0.05) is 12.4 Å². The summed E-state index contributed by atoms with van der Waals surface area (Å²) >= 11 is 1.21. The third kappa shape index (κ3) is 3.57. The van der Waals surface area contributed by atoms with Crippen molar-refractivity contribution in [2.75, 3.05) is 12.4 Å². The number of ether oxygens (including phenoxy) is 1. The molecule has 0 saturated heterocycles. The second-order valence-electron chi connectivity index (χ2n) is 6.33. The van der Waals surface area contributed by atoms with Crippen LogP contribution in [-0.4, -0.2) is 33.3 Å². The van der Waals surface area contributed by atoms with Crippen LogP contribution in [-0.2, 0) is 4.74 Å². The van der Waals surface area contributed by atoms with Gasteiger partial charge in [-0.3, -0.25) is 4.79 Å². The molecule has 146 valence electrons. The first kappa shape index (κ1) is 18.7. The fourth-order valence-corrected chi connectivity index (χ4v) is 3.72. The van der Waals surface area contributed by atoms with E-state index in [0.29, 0.717) is 21.9 Å². The highest BCUT2D eigenvalue weighted by Crippen LogP contribution is 2.26. The maximum Gasteiger partial charge on any atom is 0.350 e. The van der Waals surface area contributed by atoms with E-state index in [2.05, 4.69) is 10.4 Å². The van der Waals surface area contributed by atoms with Gasteiger partial charge < -0.3 is 14.6 Å². The minimum atomic E-state index is -0.490. The molecule has 3 aromatic heterocycles. The van der Waals surface area contributed by atoms with Crippen LogP contribution in [0.1, 0.15) is 25.6 Å². The van der Waals surface area contributed by atoms with E-state index in [0.717, 1.165) is 11.3 Å². The van der Waals surface area contributed by atoms with Gasteiger partial charge in [-0.25, -0.2) is 9.48 Å². The number of esters is 1. The number of hydrogen-bond donors (Lipinski definition) is 1. The summed E-state index contributed by atoms with van der Waals surface area (Å²) in [5.41, 5.74) is 2.76. The molecule has 0 aliphatic rings. The van der Waals surface area contributed by atoms with Crippen LogP contribution in [0.15, 0.2) is 66.4 Å². The molecule has 1 amide bonds. The van der Waals surface area contributed by atoms with E-state index in [9.17, 15) is 9.59 Å². The number of aromatic nitrogens is 3. The second-order valence-corrected chi connectivity index (χ2v) is 7.24. The van der Waals surface area contributed by atoms with Crippen molar-refractivity contribution in [3.8, 4) is 11.5 Å². The van der Waals surface area contributed by atoms with Gasteiger partial charge in [0.1, 0.15) is 10.4 Å². The summed E-state index contributed by atoms with van der Waals surface area (Å²) in [6.07, 6.45) is 5.22. The van der Waals surface area contributed by atoms with Crippen LogP contribution >= 0.6 is 11.3 Å². The molecule has 4 aromatic rings. The average molecular weight is 406 g/mol. The molecule has 4 rings (SSSR count). The van der Waals surface area contributed by atoms with E-state index in [1.807, 2.05) is 60.3 Å². The van der Waals surface area contributed by atoms with E-state index in [-0.39, 0.29) is 5.91 Å². The molecule has 3 heterocycles. The summed E-state index contributed by atoms with van der Waals surface area (Å²) in [5, 5.41) is 8.97. The Labute approximate surface area is 171 Å². The van der Waals surface area contributed by atoms with Crippen molar-refractivity contribution < 1.29 is 14.3 Å². The number of nitrogens with zero attached hydrogens (tertiary/aromatic N) is 3. The molecular weight excluding hydrogens is 388 g/mol. The van der Waals surface area contributed by atoms with E-state index >= 15 is 0 Å². The Bertz CT molecular complexity index is 1160. The van der Waals surface area contributed by atoms with Crippen molar-refractivity contribution in [3.05, 3.63) is 82.4 Å². The maximum atomic E-state index is 13.1. The number of thiophene rings is 1. The average Bonchev–Trinajstić information content (AvgIpc) is 3.47. The first-order valence-corrected chi connectivity index (χ1v) is 9.72. The van der Waals surface area contributed by atoms with Crippen LogP contribution < -0.4 is 5.32 Å². The zero-order valence-corrected chi connectivity index (χ0v) is 16.6. The smallest absolute Gasteiger partial charge is 0.350 e. The number of rotatable bonds is 5. The number of carbonyl (C=O) groups is 2. The lowest BCUT2D eigenvalue weighted by Gasteiger charge is -2.11.